The number of hydrogen-bond acceptors (Lipinski definition) is 5. The fraction of sp³-hybridized carbons (Fsp3) is 0.769. The summed E-state index contributed by atoms with van der Waals surface area (Å²) in [5, 5.41) is 0. The molecular formula is C26H44O5. The van der Waals surface area contributed by atoms with Crippen molar-refractivity contribution < 1.29 is 23.8 Å². The number of methoxy groups -OCH3 is 2. The average molecular weight is 437 g/mol. The molecule has 1 aliphatic heterocycles. The van der Waals surface area contributed by atoms with Gasteiger partial charge in [-0.05, 0) is 51.5 Å². The summed E-state index contributed by atoms with van der Waals surface area (Å²) in [6.45, 7) is 13.9. The van der Waals surface area contributed by atoms with E-state index >= 15 is 0 Å². The second-order valence-corrected chi connectivity index (χ2v) is 9.67. The molecule has 178 valence electrons. The van der Waals surface area contributed by atoms with Crippen molar-refractivity contribution in [3.8, 4) is 0 Å². The number of rotatable bonds is 3. The van der Waals surface area contributed by atoms with E-state index in [1.165, 1.54) is 5.57 Å². The van der Waals surface area contributed by atoms with Crippen LogP contribution in [0.3, 0.4) is 0 Å². The van der Waals surface area contributed by atoms with Crippen molar-refractivity contribution >= 4 is 11.8 Å². The maximum absolute atomic E-state index is 13.5. The summed E-state index contributed by atoms with van der Waals surface area (Å²) in [4.78, 5) is 26.3. The zero-order chi connectivity index (χ0) is 23.8. The lowest BCUT2D eigenvalue weighted by atomic mass is 9.72. The standard InChI is InChI=1S/C26H44O5/c1-10-18(3)21-15-14-17(2)12-11-13-19(4)24(30-9)20(5)25(28)26(6,7)22(29-8)16-23(27)31-21/h10,14,19-22,24H,11-13,15-16H2,1-9H3/b17-14-,18-10+/t19?,20-,21?,22?,24?/m1/s1. The Hall–Kier alpha value is -1.46. The Morgan fingerprint density at radius 3 is 2.39 bits per heavy atom. The number of hydrogen-bond donors (Lipinski definition) is 0. The van der Waals surface area contributed by atoms with Gasteiger partial charge in [0.1, 0.15) is 11.9 Å². The van der Waals surface area contributed by atoms with Crippen LogP contribution in [-0.2, 0) is 23.8 Å². The minimum Gasteiger partial charge on any atom is -0.457 e. The quantitative estimate of drug-likeness (QED) is 0.421. The summed E-state index contributed by atoms with van der Waals surface area (Å²) in [6, 6.07) is 0. The summed E-state index contributed by atoms with van der Waals surface area (Å²) in [7, 11) is 3.23. The van der Waals surface area contributed by atoms with Crippen molar-refractivity contribution in [3.63, 3.8) is 0 Å². The molecule has 0 N–H and O–H groups in total. The molecule has 0 fully saturated rings. The molecule has 0 spiro atoms. The Kier molecular flexibility index (Phi) is 11.2. The number of ketones is 1. The molecular weight excluding hydrogens is 392 g/mol. The summed E-state index contributed by atoms with van der Waals surface area (Å²) in [5.74, 6) is -0.341. The average Bonchev–Trinajstić information content (AvgIpc) is 2.73. The van der Waals surface area contributed by atoms with Crippen molar-refractivity contribution in [3.05, 3.63) is 23.3 Å². The number of Topliss-reactive ketones (excluding diaryl/α,β-unsaturated/α-hetero) is 1. The number of esters is 1. The molecule has 1 aliphatic rings. The molecule has 0 saturated heterocycles. The lowest BCUT2D eigenvalue weighted by Crippen LogP contribution is -2.47. The normalized spacial score (nSPS) is 34.0. The molecule has 31 heavy (non-hydrogen) atoms. The third-order valence-electron chi connectivity index (χ3n) is 6.96. The molecule has 0 bridgehead atoms. The molecule has 0 amide bonds. The van der Waals surface area contributed by atoms with Gasteiger partial charge in [-0.3, -0.25) is 9.59 Å². The summed E-state index contributed by atoms with van der Waals surface area (Å²) in [6.07, 6.45) is 6.81. The fourth-order valence-electron chi connectivity index (χ4n) is 4.61. The SMILES string of the molecule is C/C=C(\C)C1C/C=C(/C)CCCC(C)C(OC)[C@@H](C)C(=O)C(C)(C)C(OC)CC(=O)O1. The molecule has 0 radical (unpaired) electrons. The van der Waals surface area contributed by atoms with E-state index in [0.717, 1.165) is 24.8 Å². The second-order valence-electron chi connectivity index (χ2n) is 9.67. The first-order valence-electron chi connectivity index (χ1n) is 11.6. The third-order valence-corrected chi connectivity index (χ3v) is 6.96. The van der Waals surface area contributed by atoms with E-state index in [0.29, 0.717) is 6.42 Å². The summed E-state index contributed by atoms with van der Waals surface area (Å²) < 4.78 is 17.3. The monoisotopic (exact) mass is 436 g/mol. The van der Waals surface area contributed by atoms with Crippen molar-refractivity contribution in [2.24, 2.45) is 17.3 Å². The van der Waals surface area contributed by atoms with Crippen LogP contribution in [0.2, 0.25) is 0 Å². The van der Waals surface area contributed by atoms with Gasteiger partial charge in [-0.25, -0.2) is 0 Å². The highest BCUT2D eigenvalue weighted by Gasteiger charge is 2.43. The van der Waals surface area contributed by atoms with Crippen LogP contribution in [0.25, 0.3) is 0 Å². The van der Waals surface area contributed by atoms with Crippen molar-refractivity contribution in [1.82, 2.24) is 0 Å². The van der Waals surface area contributed by atoms with Crippen LogP contribution in [0.1, 0.15) is 80.6 Å². The van der Waals surface area contributed by atoms with Crippen molar-refractivity contribution in [2.75, 3.05) is 14.2 Å². The lowest BCUT2D eigenvalue weighted by Gasteiger charge is -2.37. The Balaban J connectivity index is 3.29. The Morgan fingerprint density at radius 2 is 1.84 bits per heavy atom. The van der Waals surface area contributed by atoms with Gasteiger partial charge in [0.15, 0.2) is 0 Å². The van der Waals surface area contributed by atoms with E-state index in [1.807, 2.05) is 40.7 Å². The van der Waals surface area contributed by atoms with Crippen LogP contribution in [0.5, 0.6) is 0 Å². The van der Waals surface area contributed by atoms with Crippen molar-refractivity contribution in [1.29, 1.82) is 0 Å². The molecule has 5 atom stereocenters. The predicted molar refractivity (Wildman–Crippen MR) is 125 cm³/mol. The van der Waals surface area contributed by atoms with Gasteiger partial charge in [0.05, 0.1) is 24.0 Å². The van der Waals surface area contributed by atoms with E-state index in [1.54, 1.807) is 14.2 Å². The molecule has 5 nitrogen and oxygen atoms in total. The van der Waals surface area contributed by atoms with Crippen LogP contribution in [0.15, 0.2) is 23.3 Å². The van der Waals surface area contributed by atoms with E-state index in [-0.39, 0.29) is 42.2 Å². The molecule has 1 rings (SSSR count). The first kappa shape index (κ1) is 27.6. The first-order valence-corrected chi connectivity index (χ1v) is 11.6. The van der Waals surface area contributed by atoms with Gasteiger partial charge in [-0.1, -0.05) is 45.4 Å². The van der Waals surface area contributed by atoms with E-state index < -0.39 is 11.5 Å². The predicted octanol–water partition coefficient (Wildman–Crippen LogP) is 5.67. The van der Waals surface area contributed by atoms with E-state index in [9.17, 15) is 9.59 Å². The third kappa shape index (κ3) is 7.57. The van der Waals surface area contributed by atoms with Crippen LogP contribution < -0.4 is 0 Å². The highest BCUT2D eigenvalue weighted by atomic mass is 16.5. The largest absolute Gasteiger partial charge is 0.457 e. The van der Waals surface area contributed by atoms with Gasteiger partial charge < -0.3 is 14.2 Å². The second kappa shape index (κ2) is 12.5. The smallest absolute Gasteiger partial charge is 0.309 e. The Labute approximate surface area is 189 Å². The van der Waals surface area contributed by atoms with Crippen LogP contribution in [-0.4, -0.2) is 44.3 Å². The minimum atomic E-state index is -0.845. The van der Waals surface area contributed by atoms with Gasteiger partial charge in [0.2, 0.25) is 0 Å². The zero-order valence-electron chi connectivity index (χ0n) is 21.1. The summed E-state index contributed by atoms with van der Waals surface area (Å²) >= 11 is 0. The minimum absolute atomic E-state index is 0.0331. The van der Waals surface area contributed by atoms with Gasteiger partial charge in [-0.2, -0.15) is 0 Å². The van der Waals surface area contributed by atoms with E-state index in [4.69, 9.17) is 14.2 Å². The van der Waals surface area contributed by atoms with E-state index in [2.05, 4.69) is 19.9 Å². The Bertz CT molecular complexity index is 661. The maximum Gasteiger partial charge on any atom is 0.309 e. The fourth-order valence-corrected chi connectivity index (χ4v) is 4.61. The number of carbonyl (C=O) groups excluding carboxylic acids is 2. The molecule has 0 aromatic carbocycles. The highest BCUT2D eigenvalue weighted by molar-refractivity contribution is 5.88. The number of ether oxygens (including phenoxy) is 3. The molecule has 5 heteroatoms. The molecule has 0 aromatic heterocycles. The van der Waals surface area contributed by atoms with Crippen LogP contribution >= 0.6 is 0 Å². The highest BCUT2D eigenvalue weighted by Crippen LogP contribution is 2.34. The molecule has 1 heterocycles. The van der Waals surface area contributed by atoms with Crippen molar-refractivity contribution in [2.45, 2.75) is 98.9 Å². The lowest BCUT2D eigenvalue weighted by molar-refractivity contribution is -0.156. The number of carbonyl (C=O) groups is 2. The van der Waals surface area contributed by atoms with Crippen LogP contribution in [0.4, 0.5) is 0 Å². The number of allylic oxidation sites excluding steroid dienone is 2. The summed E-state index contributed by atoms with van der Waals surface area (Å²) in [5.41, 5.74) is 1.47. The van der Waals surface area contributed by atoms with Crippen LogP contribution in [0, 0.1) is 17.3 Å². The number of cyclic esters (lactones) is 1. The van der Waals surface area contributed by atoms with Gasteiger partial charge in [-0.15, -0.1) is 0 Å². The first-order chi connectivity index (χ1) is 14.5. The molecule has 4 unspecified atom stereocenters. The Morgan fingerprint density at radius 1 is 1.19 bits per heavy atom. The van der Waals surface area contributed by atoms with Gasteiger partial charge >= 0.3 is 5.97 Å². The van der Waals surface area contributed by atoms with Gasteiger partial charge in [0, 0.05) is 26.6 Å². The van der Waals surface area contributed by atoms with Gasteiger partial charge in [0.25, 0.3) is 0 Å². The topological polar surface area (TPSA) is 61.8 Å². The molecule has 0 saturated carbocycles. The molecule has 0 aliphatic carbocycles. The molecule has 0 aromatic rings. The maximum atomic E-state index is 13.5. The zero-order valence-corrected chi connectivity index (χ0v) is 21.1.